The fraction of sp³-hybridized carbons (Fsp3) is 0.900. The number of ether oxygens (including phenoxy) is 1. The summed E-state index contributed by atoms with van der Waals surface area (Å²) in [6.45, 7) is 5.39. The molecule has 0 fully saturated rings. The summed E-state index contributed by atoms with van der Waals surface area (Å²) in [5.74, 6) is -0.311. The Labute approximate surface area is 80.1 Å². The molecule has 0 aliphatic rings. The largest absolute Gasteiger partial charge is 0.460 e. The number of aliphatic hydroxyl groups is 1. The standard InChI is InChI=1S/C10H20O3/c1-4-6-9(12)10(7-5-2)13-8(3)11/h9-10,12H,4-7H2,1-3H3. The molecule has 0 heterocycles. The second-order valence-corrected chi connectivity index (χ2v) is 3.29. The lowest BCUT2D eigenvalue weighted by Crippen LogP contribution is -2.30. The molecule has 0 saturated heterocycles. The number of aliphatic hydroxyl groups excluding tert-OH is 1. The van der Waals surface area contributed by atoms with Crippen LogP contribution in [0.3, 0.4) is 0 Å². The molecule has 2 atom stereocenters. The zero-order valence-corrected chi connectivity index (χ0v) is 8.75. The normalized spacial score (nSPS) is 15.1. The molecule has 0 spiro atoms. The Morgan fingerprint density at radius 1 is 1.31 bits per heavy atom. The highest BCUT2D eigenvalue weighted by Crippen LogP contribution is 2.12. The molecule has 0 aliphatic carbocycles. The average molecular weight is 188 g/mol. The van der Waals surface area contributed by atoms with Gasteiger partial charge in [-0.05, 0) is 12.8 Å². The van der Waals surface area contributed by atoms with E-state index < -0.39 is 6.10 Å². The van der Waals surface area contributed by atoms with Crippen molar-refractivity contribution in [3.8, 4) is 0 Å². The van der Waals surface area contributed by atoms with E-state index >= 15 is 0 Å². The summed E-state index contributed by atoms with van der Waals surface area (Å²) in [6, 6.07) is 0. The predicted molar refractivity (Wildman–Crippen MR) is 51.4 cm³/mol. The molecule has 0 aromatic rings. The van der Waals surface area contributed by atoms with Gasteiger partial charge in [-0.25, -0.2) is 0 Å². The SMILES string of the molecule is CCCC(O)C(CCC)OC(C)=O. The fourth-order valence-electron chi connectivity index (χ4n) is 1.31. The van der Waals surface area contributed by atoms with Crippen LogP contribution in [0.15, 0.2) is 0 Å². The number of carbonyl (C=O) groups is 1. The summed E-state index contributed by atoms with van der Waals surface area (Å²) in [4.78, 5) is 10.7. The minimum absolute atomic E-state index is 0.311. The summed E-state index contributed by atoms with van der Waals surface area (Å²) < 4.78 is 5.02. The van der Waals surface area contributed by atoms with Gasteiger partial charge >= 0.3 is 5.97 Å². The van der Waals surface area contributed by atoms with E-state index in [-0.39, 0.29) is 12.1 Å². The number of hydrogen-bond donors (Lipinski definition) is 1. The smallest absolute Gasteiger partial charge is 0.302 e. The second-order valence-electron chi connectivity index (χ2n) is 3.29. The van der Waals surface area contributed by atoms with Crippen molar-refractivity contribution >= 4 is 5.97 Å². The molecule has 3 heteroatoms. The van der Waals surface area contributed by atoms with Crippen LogP contribution in [0.1, 0.15) is 46.5 Å². The van der Waals surface area contributed by atoms with E-state index in [0.717, 1.165) is 19.3 Å². The zero-order chi connectivity index (χ0) is 10.3. The van der Waals surface area contributed by atoms with Crippen molar-refractivity contribution in [3.63, 3.8) is 0 Å². The lowest BCUT2D eigenvalue weighted by atomic mass is 10.0. The summed E-state index contributed by atoms with van der Waals surface area (Å²) in [5.41, 5.74) is 0. The third-order valence-electron chi connectivity index (χ3n) is 1.90. The van der Waals surface area contributed by atoms with Crippen LogP contribution < -0.4 is 0 Å². The Morgan fingerprint density at radius 3 is 2.23 bits per heavy atom. The van der Waals surface area contributed by atoms with Crippen molar-refractivity contribution in [1.82, 2.24) is 0 Å². The van der Waals surface area contributed by atoms with Crippen molar-refractivity contribution in [2.75, 3.05) is 0 Å². The minimum Gasteiger partial charge on any atom is -0.460 e. The van der Waals surface area contributed by atoms with Crippen LogP contribution in [0.4, 0.5) is 0 Å². The van der Waals surface area contributed by atoms with Crippen LogP contribution >= 0.6 is 0 Å². The van der Waals surface area contributed by atoms with Gasteiger partial charge in [-0.3, -0.25) is 4.79 Å². The van der Waals surface area contributed by atoms with Crippen LogP contribution in [0.25, 0.3) is 0 Å². The number of carbonyl (C=O) groups excluding carboxylic acids is 1. The van der Waals surface area contributed by atoms with E-state index in [2.05, 4.69) is 0 Å². The first-order chi connectivity index (χ1) is 6.11. The quantitative estimate of drug-likeness (QED) is 0.647. The van der Waals surface area contributed by atoms with E-state index in [1.165, 1.54) is 6.92 Å². The molecule has 0 bridgehead atoms. The summed E-state index contributed by atoms with van der Waals surface area (Å²) in [7, 11) is 0. The molecular weight excluding hydrogens is 168 g/mol. The average Bonchev–Trinajstić information content (AvgIpc) is 2.03. The van der Waals surface area contributed by atoms with Crippen LogP contribution in [0, 0.1) is 0 Å². The van der Waals surface area contributed by atoms with E-state index in [1.54, 1.807) is 0 Å². The van der Waals surface area contributed by atoms with Gasteiger partial charge in [0.15, 0.2) is 0 Å². The van der Waals surface area contributed by atoms with Crippen molar-refractivity contribution < 1.29 is 14.6 Å². The van der Waals surface area contributed by atoms with Gasteiger partial charge in [-0.1, -0.05) is 26.7 Å². The third kappa shape index (κ3) is 5.64. The number of esters is 1. The molecule has 0 radical (unpaired) electrons. The lowest BCUT2D eigenvalue weighted by Gasteiger charge is -2.21. The Hall–Kier alpha value is -0.570. The molecule has 13 heavy (non-hydrogen) atoms. The van der Waals surface area contributed by atoms with E-state index in [0.29, 0.717) is 6.42 Å². The fourth-order valence-corrected chi connectivity index (χ4v) is 1.31. The van der Waals surface area contributed by atoms with Crippen LogP contribution in [0.5, 0.6) is 0 Å². The first kappa shape index (κ1) is 12.4. The first-order valence-electron chi connectivity index (χ1n) is 4.97. The third-order valence-corrected chi connectivity index (χ3v) is 1.90. The van der Waals surface area contributed by atoms with Crippen LogP contribution in [-0.2, 0) is 9.53 Å². The zero-order valence-electron chi connectivity index (χ0n) is 8.75. The molecule has 2 unspecified atom stereocenters. The maximum absolute atomic E-state index is 10.7. The van der Waals surface area contributed by atoms with Gasteiger partial charge in [-0.2, -0.15) is 0 Å². The summed E-state index contributed by atoms with van der Waals surface area (Å²) >= 11 is 0. The highest BCUT2D eigenvalue weighted by Gasteiger charge is 2.19. The molecule has 78 valence electrons. The monoisotopic (exact) mass is 188 g/mol. The Kier molecular flexibility index (Phi) is 6.59. The van der Waals surface area contributed by atoms with Gasteiger partial charge in [0.1, 0.15) is 6.10 Å². The van der Waals surface area contributed by atoms with E-state index in [9.17, 15) is 9.90 Å². The van der Waals surface area contributed by atoms with Crippen molar-refractivity contribution in [1.29, 1.82) is 0 Å². The van der Waals surface area contributed by atoms with Gasteiger partial charge in [0, 0.05) is 6.92 Å². The molecule has 0 saturated carbocycles. The summed E-state index contributed by atoms with van der Waals surface area (Å²) in [6.07, 6.45) is 2.43. The van der Waals surface area contributed by atoms with Gasteiger partial charge < -0.3 is 9.84 Å². The van der Waals surface area contributed by atoms with Crippen molar-refractivity contribution in [2.24, 2.45) is 0 Å². The molecule has 3 nitrogen and oxygen atoms in total. The minimum atomic E-state index is -0.506. The Balaban J connectivity index is 3.97. The maximum Gasteiger partial charge on any atom is 0.302 e. The summed E-state index contributed by atoms with van der Waals surface area (Å²) in [5, 5.41) is 9.61. The second kappa shape index (κ2) is 6.89. The Bertz CT molecular complexity index is 145. The molecular formula is C10H20O3. The van der Waals surface area contributed by atoms with Crippen molar-refractivity contribution in [3.05, 3.63) is 0 Å². The van der Waals surface area contributed by atoms with Gasteiger partial charge in [0.2, 0.25) is 0 Å². The van der Waals surface area contributed by atoms with Gasteiger partial charge in [-0.15, -0.1) is 0 Å². The molecule has 0 aromatic heterocycles. The van der Waals surface area contributed by atoms with E-state index in [1.807, 2.05) is 13.8 Å². The first-order valence-corrected chi connectivity index (χ1v) is 4.97. The highest BCUT2D eigenvalue weighted by atomic mass is 16.6. The van der Waals surface area contributed by atoms with Crippen LogP contribution in [0.2, 0.25) is 0 Å². The van der Waals surface area contributed by atoms with Gasteiger partial charge in [0.25, 0.3) is 0 Å². The number of hydrogen-bond acceptors (Lipinski definition) is 3. The van der Waals surface area contributed by atoms with Crippen LogP contribution in [-0.4, -0.2) is 23.3 Å². The van der Waals surface area contributed by atoms with Crippen molar-refractivity contribution in [2.45, 2.75) is 58.7 Å². The highest BCUT2D eigenvalue weighted by molar-refractivity contribution is 5.66. The topological polar surface area (TPSA) is 46.5 Å². The molecule has 0 aromatic carbocycles. The maximum atomic E-state index is 10.7. The lowest BCUT2D eigenvalue weighted by molar-refractivity contribution is -0.153. The molecule has 1 N–H and O–H groups in total. The van der Waals surface area contributed by atoms with E-state index in [4.69, 9.17) is 4.74 Å². The molecule has 0 rings (SSSR count). The molecule has 0 aliphatic heterocycles. The predicted octanol–water partition coefficient (Wildman–Crippen LogP) is 1.88. The number of rotatable bonds is 6. The van der Waals surface area contributed by atoms with Gasteiger partial charge in [0.05, 0.1) is 6.10 Å². The molecule has 0 amide bonds. The Morgan fingerprint density at radius 2 is 1.85 bits per heavy atom.